The summed E-state index contributed by atoms with van der Waals surface area (Å²) in [6, 6.07) is 20.1. The molecular formula is C17H17NO2S. The first-order valence-electron chi connectivity index (χ1n) is 6.63. The monoisotopic (exact) mass is 299 g/mol. The van der Waals surface area contributed by atoms with Crippen LogP contribution < -0.4 is 0 Å². The van der Waals surface area contributed by atoms with Crippen molar-refractivity contribution in [2.45, 2.75) is 0 Å². The third-order valence-corrected chi connectivity index (χ3v) is 2.95. The molecule has 3 rings (SSSR count). The summed E-state index contributed by atoms with van der Waals surface area (Å²) < 4.78 is 5.49. The van der Waals surface area contributed by atoms with Gasteiger partial charge in [0.2, 0.25) is 0 Å². The molecule has 108 valence electrons. The highest BCUT2D eigenvalue weighted by Crippen LogP contribution is 2.30. The van der Waals surface area contributed by atoms with Gasteiger partial charge in [0.15, 0.2) is 12.2 Å². The zero-order valence-electron chi connectivity index (χ0n) is 11.5. The minimum Gasteiger partial charge on any atom is -0.443 e. The summed E-state index contributed by atoms with van der Waals surface area (Å²) in [4.78, 5) is 4.30. The second-order valence-electron chi connectivity index (χ2n) is 4.21. The molecule has 0 aliphatic carbocycles. The molecule has 0 fully saturated rings. The second kappa shape index (κ2) is 8.29. The second-order valence-corrected chi connectivity index (χ2v) is 4.66. The molecule has 0 aliphatic heterocycles. The van der Waals surface area contributed by atoms with Crippen LogP contribution in [0.15, 0.2) is 71.5 Å². The van der Waals surface area contributed by atoms with Crippen molar-refractivity contribution in [1.29, 1.82) is 0 Å². The van der Waals surface area contributed by atoms with Crippen molar-refractivity contribution in [2.24, 2.45) is 0 Å². The van der Waals surface area contributed by atoms with E-state index in [0.29, 0.717) is 5.75 Å². The Kier molecular flexibility index (Phi) is 6.06. The average molecular weight is 299 g/mol. The number of aromatic nitrogens is 1. The van der Waals surface area contributed by atoms with Crippen molar-refractivity contribution < 1.29 is 9.52 Å². The first-order valence-corrected chi connectivity index (χ1v) is 7.26. The summed E-state index contributed by atoms with van der Waals surface area (Å²) in [5.74, 6) is 1.39. The Morgan fingerprint density at radius 2 is 1.43 bits per heavy atom. The Morgan fingerprint density at radius 1 is 0.905 bits per heavy atom. The Hall–Kier alpha value is -2.04. The number of rotatable bonds is 3. The number of aliphatic hydroxyl groups is 1. The van der Waals surface area contributed by atoms with Crippen molar-refractivity contribution in [3.63, 3.8) is 0 Å². The maximum absolute atomic E-state index is 7.80. The van der Waals surface area contributed by atoms with E-state index in [4.69, 9.17) is 9.52 Å². The first kappa shape index (κ1) is 15.4. The van der Waals surface area contributed by atoms with Gasteiger partial charge in [0.25, 0.3) is 0 Å². The van der Waals surface area contributed by atoms with Gasteiger partial charge in [-0.1, -0.05) is 60.7 Å². The van der Waals surface area contributed by atoms with E-state index in [-0.39, 0.29) is 6.61 Å². The smallest absolute Gasteiger partial charge is 0.182 e. The minimum atomic E-state index is 0.184. The quantitative estimate of drug-likeness (QED) is 0.721. The molecule has 0 aliphatic rings. The lowest BCUT2D eigenvalue weighted by molar-refractivity contribution is 0.323. The molecule has 0 bridgehead atoms. The molecular weight excluding hydrogens is 282 g/mol. The van der Waals surface area contributed by atoms with Crippen LogP contribution in [0.4, 0.5) is 0 Å². The van der Waals surface area contributed by atoms with Gasteiger partial charge in [-0.25, -0.2) is 4.98 Å². The number of benzene rings is 2. The summed E-state index contributed by atoms with van der Waals surface area (Å²) in [6.07, 6.45) is 1.49. The maximum atomic E-state index is 7.80. The molecule has 0 spiro atoms. The van der Waals surface area contributed by atoms with Crippen LogP contribution in [-0.4, -0.2) is 22.5 Å². The van der Waals surface area contributed by atoms with Crippen LogP contribution in [0.25, 0.3) is 22.6 Å². The summed E-state index contributed by atoms with van der Waals surface area (Å²) >= 11 is 3.67. The van der Waals surface area contributed by atoms with E-state index in [0.717, 1.165) is 22.6 Å². The van der Waals surface area contributed by atoms with Gasteiger partial charge in [-0.05, 0) is 0 Å². The van der Waals surface area contributed by atoms with E-state index in [9.17, 15) is 0 Å². The molecule has 21 heavy (non-hydrogen) atoms. The van der Waals surface area contributed by atoms with E-state index in [1.165, 1.54) is 6.39 Å². The summed E-state index contributed by atoms with van der Waals surface area (Å²) in [7, 11) is 0. The van der Waals surface area contributed by atoms with Gasteiger partial charge in [-0.3, -0.25) is 0 Å². The molecule has 0 amide bonds. The molecule has 0 unspecified atom stereocenters. The average Bonchev–Trinajstić information content (AvgIpc) is 3.06. The van der Waals surface area contributed by atoms with E-state index in [2.05, 4.69) is 17.6 Å². The molecule has 3 nitrogen and oxygen atoms in total. The highest BCUT2D eigenvalue weighted by atomic mass is 32.1. The van der Waals surface area contributed by atoms with Crippen LogP contribution in [0.2, 0.25) is 0 Å². The third-order valence-electron chi connectivity index (χ3n) is 2.75. The molecule has 0 saturated carbocycles. The van der Waals surface area contributed by atoms with Gasteiger partial charge in [0.1, 0.15) is 5.69 Å². The molecule has 0 atom stereocenters. The predicted octanol–water partition coefficient (Wildman–Crippen LogP) is 3.92. The molecule has 0 saturated heterocycles. The summed E-state index contributed by atoms with van der Waals surface area (Å²) in [5.41, 5.74) is 3.00. The Balaban J connectivity index is 0.000000361. The minimum absolute atomic E-state index is 0.184. The van der Waals surface area contributed by atoms with E-state index in [1.54, 1.807) is 0 Å². The highest BCUT2D eigenvalue weighted by molar-refractivity contribution is 7.80. The van der Waals surface area contributed by atoms with Gasteiger partial charge in [-0.2, -0.15) is 12.6 Å². The van der Waals surface area contributed by atoms with Crippen LogP contribution in [0.3, 0.4) is 0 Å². The van der Waals surface area contributed by atoms with Crippen molar-refractivity contribution in [3.05, 3.63) is 67.1 Å². The standard InChI is InChI=1S/C15H11NO.C2H6OS/c1-3-7-12(8-4-1)14-15(17-11-16-14)13-9-5-2-6-10-13;3-1-2-4/h1-11H;3-4H,1-2H2. The number of hydrogen-bond acceptors (Lipinski definition) is 4. The lowest BCUT2D eigenvalue weighted by Crippen LogP contribution is -1.81. The van der Waals surface area contributed by atoms with Crippen molar-refractivity contribution in [1.82, 2.24) is 4.98 Å². The van der Waals surface area contributed by atoms with Crippen LogP contribution in [0.1, 0.15) is 0 Å². The Labute approximate surface area is 129 Å². The number of hydrogen-bond donors (Lipinski definition) is 2. The molecule has 4 heteroatoms. The summed E-state index contributed by atoms with van der Waals surface area (Å²) in [6.45, 7) is 0.184. The van der Waals surface area contributed by atoms with Gasteiger partial charge in [0.05, 0.1) is 6.61 Å². The lowest BCUT2D eigenvalue weighted by atomic mass is 10.1. The SMILES string of the molecule is OCCS.c1ccc(-c2ncoc2-c2ccccc2)cc1. The predicted molar refractivity (Wildman–Crippen MR) is 88.3 cm³/mol. The third kappa shape index (κ3) is 4.21. The fourth-order valence-electron chi connectivity index (χ4n) is 1.84. The van der Waals surface area contributed by atoms with Gasteiger partial charge in [0, 0.05) is 16.9 Å². The molecule has 3 aromatic rings. The molecule has 2 aromatic carbocycles. The number of oxazole rings is 1. The van der Waals surface area contributed by atoms with E-state index >= 15 is 0 Å². The highest BCUT2D eigenvalue weighted by Gasteiger charge is 2.11. The largest absolute Gasteiger partial charge is 0.443 e. The van der Waals surface area contributed by atoms with Crippen LogP contribution in [0, 0.1) is 0 Å². The molecule has 0 radical (unpaired) electrons. The van der Waals surface area contributed by atoms with E-state index < -0.39 is 0 Å². The Bertz CT molecular complexity index is 582. The fourth-order valence-corrected chi connectivity index (χ4v) is 1.84. The topological polar surface area (TPSA) is 46.3 Å². The zero-order valence-corrected chi connectivity index (χ0v) is 12.4. The Morgan fingerprint density at radius 3 is 1.95 bits per heavy atom. The fraction of sp³-hybridized carbons (Fsp3) is 0.118. The van der Waals surface area contributed by atoms with Crippen molar-refractivity contribution in [2.75, 3.05) is 12.4 Å². The first-order chi connectivity index (χ1) is 10.4. The maximum Gasteiger partial charge on any atom is 0.182 e. The molecule has 1 heterocycles. The van der Waals surface area contributed by atoms with Crippen LogP contribution in [-0.2, 0) is 0 Å². The molecule has 1 N–H and O–H groups in total. The number of thiol groups is 1. The van der Waals surface area contributed by atoms with Crippen molar-refractivity contribution >= 4 is 12.6 Å². The lowest BCUT2D eigenvalue weighted by Gasteiger charge is -2.00. The van der Waals surface area contributed by atoms with Crippen molar-refractivity contribution in [3.8, 4) is 22.6 Å². The number of nitrogens with zero attached hydrogens (tertiary/aromatic N) is 1. The van der Waals surface area contributed by atoms with Gasteiger partial charge in [-0.15, -0.1) is 0 Å². The summed E-state index contributed by atoms with van der Waals surface area (Å²) in [5, 5.41) is 7.80. The van der Waals surface area contributed by atoms with Crippen LogP contribution >= 0.6 is 12.6 Å². The zero-order chi connectivity index (χ0) is 14.9. The van der Waals surface area contributed by atoms with E-state index in [1.807, 2.05) is 60.7 Å². The molecule has 1 aromatic heterocycles. The van der Waals surface area contributed by atoms with Gasteiger partial charge >= 0.3 is 0 Å². The number of aliphatic hydroxyl groups excluding tert-OH is 1. The van der Waals surface area contributed by atoms with Crippen LogP contribution in [0.5, 0.6) is 0 Å². The normalized spacial score (nSPS) is 9.81. The van der Waals surface area contributed by atoms with Gasteiger partial charge < -0.3 is 9.52 Å².